The van der Waals surface area contributed by atoms with Gasteiger partial charge in [0.25, 0.3) is 0 Å². The lowest BCUT2D eigenvalue weighted by Crippen LogP contribution is -2.30. The van der Waals surface area contributed by atoms with Crippen LogP contribution in [0.3, 0.4) is 0 Å². The Hall–Kier alpha value is -0.0800. The van der Waals surface area contributed by atoms with Crippen LogP contribution in [0.4, 0.5) is 0 Å². The number of hydrogen-bond donors (Lipinski definition) is 1. The summed E-state index contributed by atoms with van der Waals surface area (Å²) in [6.07, 6.45) is 3.70. The molecule has 0 saturated carbocycles. The van der Waals surface area contributed by atoms with Crippen LogP contribution in [0.5, 0.6) is 0 Å². The summed E-state index contributed by atoms with van der Waals surface area (Å²) in [5.41, 5.74) is 0.494. The molecule has 0 aromatic heterocycles. The molecule has 0 bridgehead atoms. The third kappa shape index (κ3) is 4.38. The lowest BCUT2D eigenvalue weighted by molar-refractivity contribution is 0.219. The van der Waals surface area contributed by atoms with Gasteiger partial charge in [-0.2, -0.15) is 0 Å². The van der Waals surface area contributed by atoms with Crippen LogP contribution in [0.15, 0.2) is 0 Å². The maximum atomic E-state index is 5.54. The molecule has 0 atom stereocenters. The number of hydrazine groups is 1. The van der Waals surface area contributed by atoms with Gasteiger partial charge >= 0.3 is 0 Å². The van der Waals surface area contributed by atoms with Crippen LogP contribution in [0.25, 0.3) is 0 Å². The van der Waals surface area contributed by atoms with Crippen molar-refractivity contribution in [1.29, 1.82) is 0 Å². The zero-order valence-corrected chi connectivity index (χ0v) is 8.35. The van der Waals surface area contributed by atoms with E-state index >= 15 is 0 Å². The summed E-state index contributed by atoms with van der Waals surface area (Å²) in [5, 5.41) is 1.77. The monoisotopic (exact) mass is 158 g/mol. The van der Waals surface area contributed by atoms with Gasteiger partial charge in [0.2, 0.25) is 0 Å². The summed E-state index contributed by atoms with van der Waals surface area (Å²) in [6.45, 7) is 7.83. The third-order valence-corrected chi connectivity index (χ3v) is 2.78. The first-order valence-corrected chi connectivity index (χ1v) is 4.50. The van der Waals surface area contributed by atoms with E-state index in [0.29, 0.717) is 5.41 Å². The highest BCUT2D eigenvalue weighted by atomic mass is 15.4. The molecule has 0 unspecified atom stereocenters. The van der Waals surface area contributed by atoms with E-state index < -0.39 is 0 Å². The van der Waals surface area contributed by atoms with Crippen molar-refractivity contribution < 1.29 is 0 Å². The van der Waals surface area contributed by atoms with Gasteiger partial charge in [0, 0.05) is 13.6 Å². The van der Waals surface area contributed by atoms with Crippen molar-refractivity contribution in [3.63, 3.8) is 0 Å². The van der Waals surface area contributed by atoms with E-state index in [4.69, 9.17) is 5.84 Å². The predicted octanol–water partition coefficient (Wildman–Crippen LogP) is 2.01. The summed E-state index contributed by atoms with van der Waals surface area (Å²) in [4.78, 5) is 0. The highest BCUT2D eigenvalue weighted by molar-refractivity contribution is 4.71. The van der Waals surface area contributed by atoms with Crippen LogP contribution in [0, 0.1) is 5.41 Å². The fourth-order valence-corrected chi connectivity index (χ4v) is 1.05. The lowest BCUT2D eigenvalue weighted by Gasteiger charge is -2.27. The Morgan fingerprint density at radius 2 is 1.73 bits per heavy atom. The maximum Gasteiger partial charge on any atom is 0.0130 e. The molecule has 0 saturated heterocycles. The van der Waals surface area contributed by atoms with E-state index in [1.165, 1.54) is 19.3 Å². The molecule has 11 heavy (non-hydrogen) atoms. The third-order valence-electron chi connectivity index (χ3n) is 2.78. The van der Waals surface area contributed by atoms with Crippen LogP contribution in [0.1, 0.15) is 40.0 Å². The molecule has 0 radical (unpaired) electrons. The lowest BCUT2D eigenvalue weighted by atomic mass is 9.81. The van der Waals surface area contributed by atoms with Crippen molar-refractivity contribution in [2.45, 2.75) is 40.0 Å². The molecule has 2 heteroatoms. The minimum absolute atomic E-state index is 0.494. The Morgan fingerprint density at radius 3 is 2.00 bits per heavy atom. The SMILES string of the molecule is CCC(C)(CC)CCN(C)N. The van der Waals surface area contributed by atoms with Gasteiger partial charge in [-0.3, -0.25) is 10.9 Å². The molecular weight excluding hydrogens is 136 g/mol. The number of hydrogen-bond acceptors (Lipinski definition) is 2. The summed E-state index contributed by atoms with van der Waals surface area (Å²) in [7, 11) is 1.92. The molecule has 68 valence electrons. The molecule has 2 nitrogen and oxygen atoms in total. The maximum absolute atomic E-state index is 5.54. The molecule has 0 aliphatic heterocycles. The summed E-state index contributed by atoms with van der Waals surface area (Å²) in [5.74, 6) is 5.54. The van der Waals surface area contributed by atoms with Gasteiger partial charge < -0.3 is 0 Å². The fourth-order valence-electron chi connectivity index (χ4n) is 1.05. The highest BCUT2D eigenvalue weighted by Gasteiger charge is 2.18. The Morgan fingerprint density at radius 1 is 1.27 bits per heavy atom. The van der Waals surface area contributed by atoms with Crippen molar-refractivity contribution in [2.75, 3.05) is 13.6 Å². The van der Waals surface area contributed by atoms with E-state index in [1.807, 2.05) is 7.05 Å². The Kier molecular flexibility index (Phi) is 4.69. The quantitative estimate of drug-likeness (QED) is 0.490. The van der Waals surface area contributed by atoms with Crippen LogP contribution in [-0.2, 0) is 0 Å². The second kappa shape index (κ2) is 4.73. The molecule has 0 aromatic carbocycles. The minimum Gasteiger partial charge on any atom is -0.269 e. The van der Waals surface area contributed by atoms with E-state index in [9.17, 15) is 0 Å². The molecule has 0 aliphatic rings. The molecule has 0 amide bonds. The summed E-state index contributed by atoms with van der Waals surface area (Å²) < 4.78 is 0. The van der Waals surface area contributed by atoms with Gasteiger partial charge in [0.15, 0.2) is 0 Å². The van der Waals surface area contributed by atoms with Gasteiger partial charge in [0.1, 0.15) is 0 Å². The van der Waals surface area contributed by atoms with E-state index in [1.54, 1.807) is 5.01 Å². The van der Waals surface area contributed by atoms with Gasteiger partial charge in [-0.15, -0.1) is 0 Å². The first kappa shape index (κ1) is 10.9. The van der Waals surface area contributed by atoms with Gasteiger partial charge in [-0.25, -0.2) is 0 Å². The largest absolute Gasteiger partial charge is 0.269 e. The zero-order valence-electron chi connectivity index (χ0n) is 8.35. The van der Waals surface area contributed by atoms with Gasteiger partial charge in [-0.1, -0.05) is 33.6 Å². The smallest absolute Gasteiger partial charge is 0.0130 e. The Labute approximate surface area is 70.7 Å². The summed E-state index contributed by atoms with van der Waals surface area (Å²) in [6, 6.07) is 0. The van der Waals surface area contributed by atoms with Crippen molar-refractivity contribution in [2.24, 2.45) is 11.3 Å². The molecule has 0 fully saturated rings. The van der Waals surface area contributed by atoms with Gasteiger partial charge in [0.05, 0.1) is 0 Å². The van der Waals surface area contributed by atoms with Gasteiger partial charge in [-0.05, 0) is 11.8 Å². The fraction of sp³-hybridized carbons (Fsp3) is 1.00. The van der Waals surface area contributed by atoms with Crippen molar-refractivity contribution in [3.05, 3.63) is 0 Å². The number of nitrogens with two attached hydrogens (primary N) is 1. The van der Waals surface area contributed by atoms with Crippen LogP contribution < -0.4 is 5.84 Å². The van der Waals surface area contributed by atoms with Crippen molar-refractivity contribution in [1.82, 2.24) is 5.01 Å². The Bertz CT molecular complexity index is 95.7. The van der Waals surface area contributed by atoms with E-state index in [-0.39, 0.29) is 0 Å². The van der Waals surface area contributed by atoms with Crippen LogP contribution in [0.2, 0.25) is 0 Å². The highest BCUT2D eigenvalue weighted by Crippen LogP contribution is 2.29. The second-order valence-electron chi connectivity index (χ2n) is 3.75. The standard InChI is InChI=1S/C9H22N2/c1-5-9(3,6-2)7-8-11(4)10/h5-8,10H2,1-4H3. The van der Waals surface area contributed by atoms with Crippen molar-refractivity contribution in [3.8, 4) is 0 Å². The van der Waals surface area contributed by atoms with Crippen LogP contribution >= 0.6 is 0 Å². The average Bonchev–Trinajstić information content (AvgIpc) is 2.00. The number of rotatable bonds is 5. The van der Waals surface area contributed by atoms with Crippen LogP contribution in [-0.4, -0.2) is 18.6 Å². The number of nitrogens with zero attached hydrogens (tertiary/aromatic N) is 1. The molecule has 0 heterocycles. The second-order valence-corrected chi connectivity index (χ2v) is 3.75. The summed E-state index contributed by atoms with van der Waals surface area (Å²) >= 11 is 0. The molecule has 0 aromatic rings. The first-order chi connectivity index (χ1) is 5.04. The molecular formula is C9H22N2. The topological polar surface area (TPSA) is 29.3 Å². The average molecular weight is 158 g/mol. The molecule has 0 spiro atoms. The first-order valence-electron chi connectivity index (χ1n) is 4.50. The van der Waals surface area contributed by atoms with Crippen molar-refractivity contribution >= 4 is 0 Å². The Balaban J connectivity index is 3.69. The minimum atomic E-state index is 0.494. The van der Waals surface area contributed by atoms with E-state index in [2.05, 4.69) is 20.8 Å². The molecule has 2 N–H and O–H groups in total. The van der Waals surface area contributed by atoms with E-state index in [0.717, 1.165) is 6.54 Å². The molecule has 0 rings (SSSR count). The normalized spacial score (nSPS) is 12.5. The zero-order chi connectivity index (χ0) is 8.91. The predicted molar refractivity (Wildman–Crippen MR) is 50.1 cm³/mol. The molecule has 0 aliphatic carbocycles.